The van der Waals surface area contributed by atoms with Gasteiger partial charge in [0.05, 0.1) is 6.10 Å². The van der Waals surface area contributed by atoms with Crippen LogP contribution in [0.2, 0.25) is 0 Å². The Bertz CT molecular complexity index is 653. The molecular formula is C20H27N3O. The van der Waals surface area contributed by atoms with E-state index in [1.54, 1.807) is 6.92 Å². The van der Waals surface area contributed by atoms with Crippen molar-refractivity contribution < 1.29 is 5.11 Å². The van der Waals surface area contributed by atoms with Gasteiger partial charge in [0.1, 0.15) is 0 Å². The Kier molecular flexibility index (Phi) is 6.82. The van der Waals surface area contributed by atoms with Gasteiger partial charge in [0.15, 0.2) is 5.96 Å². The highest BCUT2D eigenvalue weighted by atomic mass is 16.3. The highest BCUT2D eigenvalue weighted by Gasteiger charge is 2.13. The fourth-order valence-electron chi connectivity index (χ4n) is 2.72. The Balaban J connectivity index is 2.04. The summed E-state index contributed by atoms with van der Waals surface area (Å²) >= 11 is 0. The van der Waals surface area contributed by atoms with Crippen LogP contribution in [0, 0.1) is 0 Å². The van der Waals surface area contributed by atoms with Gasteiger partial charge < -0.3 is 16.2 Å². The molecule has 0 spiro atoms. The molecule has 0 radical (unpaired) electrons. The Morgan fingerprint density at radius 1 is 1.17 bits per heavy atom. The van der Waals surface area contributed by atoms with Crippen LogP contribution in [-0.2, 0) is 6.42 Å². The minimum absolute atomic E-state index is 0.147. The van der Waals surface area contributed by atoms with Crippen LogP contribution in [0.5, 0.6) is 0 Å². The van der Waals surface area contributed by atoms with Crippen molar-refractivity contribution in [2.75, 3.05) is 11.9 Å². The quantitative estimate of drug-likeness (QED) is 0.539. The molecule has 0 fully saturated rings. The number of guanidine groups is 1. The highest BCUT2D eigenvalue weighted by molar-refractivity contribution is 5.92. The van der Waals surface area contributed by atoms with Crippen molar-refractivity contribution in [3.05, 3.63) is 65.7 Å². The second-order valence-corrected chi connectivity index (χ2v) is 6.10. The Hall–Kier alpha value is -2.33. The van der Waals surface area contributed by atoms with Gasteiger partial charge in [-0.15, -0.1) is 0 Å². The number of nitrogens with zero attached hydrogens (tertiary/aromatic N) is 1. The number of aliphatic hydroxyl groups excluding tert-OH is 1. The molecule has 2 aromatic carbocycles. The van der Waals surface area contributed by atoms with E-state index >= 15 is 0 Å². The first kappa shape index (κ1) is 18.0. The molecule has 24 heavy (non-hydrogen) atoms. The number of aryl methyl sites for hydroxylation is 1. The number of anilines is 1. The van der Waals surface area contributed by atoms with Crippen LogP contribution in [0.15, 0.2) is 59.6 Å². The van der Waals surface area contributed by atoms with Crippen molar-refractivity contribution >= 4 is 11.6 Å². The molecule has 0 aliphatic carbocycles. The molecule has 4 nitrogen and oxygen atoms in total. The largest absolute Gasteiger partial charge is 0.393 e. The maximum Gasteiger partial charge on any atom is 0.193 e. The van der Waals surface area contributed by atoms with E-state index in [4.69, 9.17) is 5.73 Å². The van der Waals surface area contributed by atoms with E-state index in [1.165, 1.54) is 11.1 Å². The number of aliphatic imine (C=N–C) groups is 1. The smallest absolute Gasteiger partial charge is 0.193 e. The Labute approximate surface area is 144 Å². The van der Waals surface area contributed by atoms with Crippen molar-refractivity contribution in [2.24, 2.45) is 10.7 Å². The monoisotopic (exact) mass is 325 g/mol. The summed E-state index contributed by atoms with van der Waals surface area (Å²) in [4.78, 5) is 4.48. The zero-order valence-electron chi connectivity index (χ0n) is 14.4. The summed E-state index contributed by atoms with van der Waals surface area (Å²) in [5, 5.41) is 12.9. The van der Waals surface area contributed by atoms with Crippen molar-refractivity contribution in [3.8, 4) is 0 Å². The van der Waals surface area contributed by atoms with Crippen molar-refractivity contribution in [3.63, 3.8) is 0 Å². The molecule has 0 heterocycles. The second-order valence-electron chi connectivity index (χ2n) is 6.10. The maximum absolute atomic E-state index is 9.75. The van der Waals surface area contributed by atoms with Crippen LogP contribution in [0.3, 0.4) is 0 Å². The summed E-state index contributed by atoms with van der Waals surface area (Å²) in [6, 6.07) is 18.3. The number of hydrogen-bond donors (Lipinski definition) is 3. The van der Waals surface area contributed by atoms with Crippen molar-refractivity contribution in [1.29, 1.82) is 0 Å². The molecule has 2 aromatic rings. The molecule has 4 heteroatoms. The normalized spacial score (nSPS) is 14.2. The number of benzene rings is 2. The summed E-state index contributed by atoms with van der Waals surface area (Å²) in [6.45, 7) is 4.47. The molecule has 0 saturated carbocycles. The third-order valence-electron chi connectivity index (χ3n) is 3.99. The maximum atomic E-state index is 9.75. The van der Waals surface area contributed by atoms with E-state index in [0.29, 0.717) is 18.9 Å². The first-order chi connectivity index (χ1) is 11.6. The molecule has 4 N–H and O–H groups in total. The average Bonchev–Trinajstić information content (AvgIpc) is 2.59. The van der Waals surface area contributed by atoms with Crippen molar-refractivity contribution in [2.45, 2.75) is 38.7 Å². The lowest BCUT2D eigenvalue weighted by molar-refractivity contribution is 0.175. The molecule has 2 unspecified atom stereocenters. The van der Waals surface area contributed by atoms with Crippen LogP contribution in [-0.4, -0.2) is 23.7 Å². The van der Waals surface area contributed by atoms with E-state index < -0.39 is 0 Å². The van der Waals surface area contributed by atoms with Gasteiger partial charge in [-0.3, -0.25) is 4.99 Å². The van der Waals surface area contributed by atoms with E-state index in [2.05, 4.69) is 41.5 Å². The van der Waals surface area contributed by atoms with Crippen LogP contribution in [0.1, 0.15) is 37.3 Å². The summed E-state index contributed by atoms with van der Waals surface area (Å²) < 4.78 is 0. The lowest BCUT2D eigenvalue weighted by Gasteiger charge is -2.17. The van der Waals surface area contributed by atoms with Crippen LogP contribution in [0.4, 0.5) is 5.69 Å². The van der Waals surface area contributed by atoms with Gasteiger partial charge in [0.25, 0.3) is 0 Å². The lowest BCUT2D eigenvalue weighted by atomic mass is 9.93. The average molecular weight is 325 g/mol. The Morgan fingerprint density at radius 2 is 1.92 bits per heavy atom. The second kappa shape index (κ2) is 9.08. The number of rotatable bonds is 7. The summed E-state index contributed by atoms with van der Waals surface area (Å²) in [5.74, 6) is 0.545. The first-order valence-electron chi connectivity index (χ1n) is 8.47. The molecule has 0 bridgehead atoms. The molecular weight excluding hydrogens is 298 g/mol. The van der Waals surface area contributed by atoms with E-state index in [0.717, 1.165) is 12.1 Å². The highest BCUT2D eigenvalue weighted by Crippen LogP contribution is 2.21. The van der Waals surface area contributed by atoms with E-state index in [-0.39, 0.29) is 12.0 Å². The third kappa shape index (κ3) is 5.70. The molecule has 0 aliphatic heterocycles. The number of nitrogens with two attached hydrogens (primary N) is 1. The van der Waals surface area contributed by atoms with Gasteiger partial charge in [-0.1, -0.05) is 49.4 Å². The van der Waals surface area contributed by atoms with Crippen LogP contribution >= 0.6 is 0 Å². The molecule has 2 rings (SSSR count). The van der Waals surface area contributed by atoms with Gasteiger partial charge in [-0.2, -0.15) is 0 Å². The van der Waals surface area contributed by atoms with E-state index in [9.17, 15) is 5.11 Å². The third-order valence-corrected chi connectivity index (χ3v) is 3.99. The zero-order valence-corrected chi connectivity index (χ0v) is 14.4. The van der Waals surface area contributed by atoms with Gasteiger partial charge in [0.2, 0.25) is 0 Å². The molecule has 0 aliphatic rings. The predicted molar refractivity (Wildman–Crippen MR) is 101 cm³/mol. The van der Waals surface area contributed by atoms with Gasteiger partial charge in [-0.05, 0) is 43.0 Å². The fourth-order valence-corrected chi connectivity index (χ4v) is 2.72. The van der Waals surface area contributed by atoms with E-state index in [1.807, 2.05) is 30.3 Å². The van der Waals surface area contributed by atoms with Crippen LogP contribution in [0.25, 0.3) is 0 Å². The number of hydrogen-bond acceptors (Lipinski definition) is 2. The zero-order chi connectivity index (χ0) is 17.4. The van der Waals surface area contributed by atoms with Gasteiger partial charge >= 0.3 is 0 Å². The number of nitrogens with one attached hydrogen (secondary N) is 1. The summed E-state index contributed by atoms with van der Waals surface area (Å²) in [7, 11) is 0. The molecule has 2 atom stereocenters. The SMILES string of the molecule is CCc1cccc(NC(N)=NCC(CC(C)O)c2ccccc2)c1. The summed E-state index contributed by atoms with van der Waals surface area (Å²) in [5.41, 5.74) is 9.40. The first-order valence-corrected chi connectivity index (χ1v) is 8.47. The summed E-state index contributed by atoms with van der Waals surface area (Å²) in [6.07, 6.45) is 1.27. The standard InChI is InChI=1S/C20H27N3O/c1-3-16-8-7-11-19(13-16)23-20(21)22-14-18(12-15(2)24)17-9-5-4-6-10-17/h4-11,13,15,18,24H,3,12,14H2,1-2H3,(H3,21,22,23). The van der Waals surface area contributed by atoms with Crippen molar-refractivity contribution in [1.82, 2.24) is 0 Å². The predicted octanol–water partition coefficient (Wildman–Crippen LogP) is 3.53. The lowest BCUT2D eigenvalue weighted by Crippen LogP contribution is -2.24. The molecule has 0 aromatic heterocycles. The molecule has 0 amide bonds. The van der Waals surface area contributed by atoms with Gasteiger partial charge in [-0.25, -0.2) is 0 Å². The minimum atomic E-state index is -0.374. The molecule has 0 saturated heterocycles. The van der Waals surface area contributed by atoms with Gasteiger partial charge in [0, 0.05) is 18.2 Å². The Morgan fingerprint density at radius 3 is 2.58 bits per heavy atom. The topological polar surface area (TPSA) is 70.6 Å². The molecule has 128 valence electrons. The number of aliphatic hydroxyl groups is 1. The minimum Gasteiger partial charge on any atom is -0.393 e. The van der Waals surface area contributed by atoms with Crippen LogP contribution < -0.4 is 11.1 Å². The fraction of sp³-hybridized carbons (Fsp3) is 0.350.